The fourth-order valence-electron chi connectivity index (χ4n) is 3.49. The molecule has 2 aliphatic rings. The molecule has 2 saturated heterocycles. The zero-order valence-corrected chi connectivity index (χ0v) is 14.9. The van der Waals surface area contributed by atoms with Crippen molar-refractivity contribution in [3.63, 3.8) is 0 Å². The number of morpholine rings is 1. The molecule has 2 heterocycles. The van der Waals surface area contributed by atoms with Crippen LogP contribution in [0.2, 0.25) is 5.02 Å². The Morgan fingerprint density at radius 2 is 1.96 bits per heavy atom. The van der Waals surface area contributed by atoms with E-state index in [0.29, 0.717) is 22.3 Å². The molecule has 0 saturated carbocycles. The molecule has 6 heteroatoms. The summed E-state index contributed by atoms with van der Waals surface area (Å²) in [5.74, 6) is 1.26. The molecule has 132 valence electrons. The summed E-state index contributed by atoms with van der Waals surface area (Å²) in [6.07, 6.45) is 2.10. The van der Waals surface area contributed by atoms with Crippen LogP contribution >= 0.6 is 11.6 Å². The van der Waals surface area contributed by atoms with E-state index >= 15 is 0 Å². The molecule has 5 nitrogen and oxygen atoms in total. The van der Waals surface area contributed by atoms with E-state index in [1.165, 1.54) is 0 Å². The van der Waals surface area contributed by atoms with E-state index in [4.69, 9.17) is 21.1 Å². The predicted octanol–water partition coefficient (Wildman–Crippen LogP) is 2.53. The quantitative estimate of drug-likeness (QED) is 0.835. The highest BCUT2D eigenvalue weighted by molar-refractivity contribution is 6.31. The molecule has 0 aliphatic carbocycles. The number of carbonyl (C=O) groups is 1. The lowest BCUT2D eigenvalue weighted by molar-refractivity contribution is 0.0242. The largest absolute Gasteiger partial charge is 0.496 e. The molecule has 24 heavy (non-hydrogen) atoms. The molecule has 0 N–H and O–H groups in total. The summed E-state index contributed by atoms with van der Waals surface area (Å²) in [4.78, 5) is 17.2. The van der Waals surface area contributed by atoms with Crippen molar-refractivity contribution >= 4 is 17.5 Å². The third-order valence-electron chi connectivity index (χ3n) is 4.91. The van der Waals surface area contributed by atoms with Crippen LogP contribution in [0.3, 0.4) is 0 Å². The minimum absolute atomic E-state index is 0.0131. The molecule has 0 spiro atoms. The molecule has 3 rings (SSSR count). The molecule has 0 radical (unpaired) electrons. The highest BCUT2D eigenvalue weighted by Gasteiger charge is 2.27. The number of likely N-dealkylation sites (tertiary alicyclic amines) is 1. The molecule has 2 fully saturated rings. The van der Waals surface area contributed by atoms with E-state index in [9.17, 15) is 4.79 Å². The van der Waals surface area contributed by atoms with Crippen molar-refractivity contribution in [3.05, 3.63) is 28.8 Å². The van der Waals surface area contributed by atoms with Gasteiger partial charge in [0.25, 0.3) is 5.91 Å². The van der Waals surface area contributed by atoms with Gasteiger partial charge >= 0.3 is 0 Å². The average Bonchev–Trinajstić information content (AvgIpc) is 2.62. The number of piperidine rings is 1. The van der Waals surface area contributed by atoms with E-state index in [0.717, 1.165) is 58.8 Å². The zero-order chi connectivity index (χ0) is 16.9. The van der Waals surface area contributed by atoms with Gasteiger partial charge in [0, 0.05) is 37.7 Å². The Hall–Kier alpha value is -1.30. The number of ether oxygens (including phenoxy) is 2. The second-order valence-electron chi connectivity index (χ2n) is 6.49. The summed E-state index contributed by atoms with van der Waals surface area (Å²) < 4.78 is 10.7. The van der Waals surface area contributed by atoms with Gasteiger partial charge in [0.1, 0.15) is 5.75 Å². The molecule has 2 aliphatic heterocycles. The molecule has 1 aromatic rings. The Kier molecular flexibility index (Phi) is 5.98. The minimum atomic E-state index is 0.0131. The third-order valence-corrected chi connectivity index (χ3v) is 5.15. The van der Waals surface area contributed by atoms with Crippen molar-refractivity contribution in [2.24, 2.45) is 5.92 Å². The van der Waals surface area contributed by atoms with Crippen LogP contribution in [0.5, 0.6) is 5.75 Å². The van der Waals surface area contributed by atoms with E-state index < -0.39 is 0 Å². The number of benzene rings is 1. The first-order valence-electron chi connectivity index (χ1n) is 8.60. The number of hydrogen-bond acceptors (Lipinski definition) is 4. The van der Waals surface area contributed by atoms with Crippen LogP contribution < -0.4 is 4.74 Å². The molecule has 1 aromatic carbocycles. The molecule has 1 amide bonds. The van der Waals surface area contributed by atoms with Crippen LogP contribution in [0.1, 0.15) is 23.2 Å². The average molecular weight is 353 g/mol. The standard InChI is InChI=1S/C18H25ClN2O3/c1-23-17-3-2-15(19)12-16(17)18(22)21-6-4-14(5-7-21)13-20-8-10-24-11-9-20/h2-3,12,14H,4-11,13H2,1H3. The van der Waals surface area contributed by atoms with Gasteiger partial charge in [0.05, 0.1) is 25.9 Å². The van der Waals surface area contributed by atoms with Crippen molar-refractivity contribution in [1.82, 2.24) is 9.80 Å². The smallest absolute Gasteiger partial charge is 0.257 e. The third kappa shape index (κ3) is 4.21. The Balaban J connectivity index is 1.56. The highest BCUT2D eigenvalue weighted by atomic mass is 35.5. The second kappa shape index (κ2) is 8.19. The number of methoxy groups -OCH3 is 1. The maximum atomic E-state index is 12.8. The van der Waals surface area contributed by atoms with Crippen molar-refractivity contribution in [2.45, 2.75) is 12.8 Å². The molecule has 0 aromatic heterocycles. The maximum Gasteiger partial charge on any atom is 0.257 e. The summed E-state index contributed by atoms with van der Waals surface area (Å²) in [5, 5.41) is 0.557. The lowest BCUT2D eigenvalue weighted by atomic mass is 9.95. The number of carbonyl (C=O) groups excluding carboxylic acids is 1. The first kappa shape index (κ1) is 17.5. The highest BCUT2D eigenvalue weighted by Crippen LogP contribution is 2.26. The molecule has 0 atom stereocenters. The zero-order valence-electron chi connectivity index (χ0n) is 14.2. The van der Waals surface area contributed by atoms with Crippen LogP contribution in [0.15, 0.2) is 18.2 Å². The van der Waals surface area contributed by atoms with E-state index in [1.54, 1.807) is 25.3 Å². The van der Waals surface area contributed by atoms with E-state index in [1.807, 2.05) is 4.90 Å². The SMILES string of the molecule is COc1ccc(Cl)cc1C(=O)N1CCC(CN2CCOCC2)CC1. The van der Waals surface area contributed by atoms with Gasteiger partial charge in [-0.25, -0.2) is 0 Å². The first-order valence-corrected chi connectivity index (χ1v) is 8.98. The van der Waals surface area contributed by atoms with Gasteiger partial charge in [-0.1, -0.05) is 11.6 Å². The lowest BCUT2D eigenvalue weighted by Crippen LogP contribution is -2.44. The van der Waals surface area contributed by atoms with Gasteiger partial charge in [-0.2, -0.15) is 0 Å². The number of rotatable bonds is 4. The lowest BCUT2D eigenvalue weighted by Gasteiger charge is -2.36. The van der Waals surface area contributed by atoms with Crippen LogP contribution in [-0.2, 0) is 4.74 Å². The van der Waals surface area contributed by atoms with Crippen LogP contribution in [-0.4, -0.2) is 68.8 Å². The fourth-order valence-corrected chi connectivity index (χ4v) is 3.66. The van der Waals surface area contributed by atoms with E-state index in [-0.39, 0.29) is 5.91 Å². The molecule has 0 bridgehead atoms. The van der Waals surface area contributed by atoms with Gasteiger partial charge < -0.3 is 14.4 Å². The van der Waals surface area contributed by atoms with Gasteiger partial charge in [-0.15, -0.1) is 0 Å². The monoisotopic (exact) mass is 352 g/mol. The Bertz CT molecular complexity index is 567. The number of hydrogen-bond donors (Lipinski definition) is 0. The Morgan fingerprint density at radius 3 is 2.62 bits per heavy atom. The van der Waals surface area contributed by atoms with Crippen molar-refractivity contribution in [3.8, 4) is 5.75 Å². The molecule has 0 unspecified atom stereocenters. The topological polar surface area (TPSA) is 42.0 Å². The number of amides is 1. The second-order valence-corrected chi connectivity index (χ2v) is 6.93. The van der Waals surface area contributed by atoms with Gasteiger partial charge in [0.15, 0.2) is 0 Å². The molecular formula is C18H25ClN2O3. The summed E-state index contributed by atoms with van der Waals surface area (Å²) in [6.45, 7) is 6.44. The van der Waals surface area contributed by atoms with Gasteiger partial charge in [-0.3, -0.25) is 9.69 Å². The molecular weight excluding hydrogens is 328 g/mol. The maximum absolute atomic E-state index is 12.8. The predicted molar refractivity (Wildman–Crippen MR) is 93.9 cm³/mol. The van der Waals surface area contributed by atoms with Crippen LogP contribution in [0.4, 0.5) is 0 Å². The van der Waals surface area contributed by atoms with E-state index in [2.05, 4.69) is 4.90 Å². The summed E-state index contributed by atoms with van der Waals surface area (Å²) in [5.41, 5.74) is 0.552. The van der Waals surface area contributed by atoms with Crippen LogP contribution in [0, 0.1) is 5.92 Å². The minimum Gasteiger partial charge on any atom is -0.496 e. The normalized spacial score (nSPS) is 20.2. The summed E-state index contributed by atoms with van der Waals surface area (Å²) >= 11 is 6.05. The van der Waals surface area contributed by atoms with Gasteiger partial charge in [0.2, 0.25) is 0 Å². The Morgan fingerprint density at radius 1 is 1.25 bits per heavy atom. The van der Waals surface area contributed by atoms with Crippen molar-refractivity contribution in [2.75, 3.05) is 53.0 Å². The van der Waals surface area contributed by atoms with Gasteiger partial charge in [-0.05, 0) is 37.0 Å². The van der Waals surface area contributed by atoms with Crippen molar-refractivity contribution < 1.29 is 14.3 Å². The van der Waals surface area contributed by atoms with Crippen molar-refractivity contribution in [1.29, 1.82) is 0 Å². The van der Waals surface area contributed by atoms with Crippen LogP contribution in [0.25, 0.3) is 0 Å². The summed E-state index contributed by atoms with van der Waals surface area (Å²) in [7, 11) is 1.58. The number of halogens is 1. The first-order chi connectivity index (χ1) is 11.7. The fraction of sp³-hybridized carbons (Fsp3) is 0.611. The number of nitrogens with zero attached hydrogens (tertiary/aromatic N) is 2. The Labute approximate surface area is 148 Å². The summed E-state index contributed by atoms with van der Waals surface area (Å²) in [6, 6.07) is 5.19.